The van der Waals surface area contributed by atoms with E-state index < -0.39 is 6.04 Å². The van der Waals surface area contributed by atoms with Gasteiger partial charge in [-0.25, -0.2) is 0 Å². The highest BCUT2D eigenvalue weighted by atomic mass is 35.5. The number of hydrogen-bond acceptors (Lipinski definition) is 3. The molecule has 0 saturated carbocycles. The molecule has 0 aliphatic heterocycles. The van der Waals surface area contributed by atoms with E-state index in [1.807, 2.05) is 13.8 Å². The zero-order valence-corrected chi connectivity index (χ0v) is 12.6. The van der Waals surface area contributed by atoms with Crippen molar-refractivity contribution in [2.75, 3.05) is 5.88 Å². The van der Waals surface area contributed by atoms with Crippen LogP contribution < -0.4 is 10.6 Å². The zero-order valence-electron chi connectivity index (χ0n) is 11.8. The number of furan rings is 1. The van der Waals surface area contributed by atoms with Gasteiger partial charge in [0.1, 0.15) is 11.8 Å². The Bertz CT molecular complexity index is 418. The number of nitrogens with one attached hydrogen (secondary N) is 2. The highest BCUT2D eigenvalue weighted by Crippen LogP contribution is 2.05. The van der Waals surface area contributed by atoms with Crippen LogP contribution in [0.1, 0.15) is 32.4 Å². The first kappa shape index (κ1) is 16.6. The lowest BCUT2D eigenvalue weighted by Crippen LogP contribution is -2.49. The molecule has 5 nitrogen and oxygen atoms in total. The Morgan fingerprint density at radius 2 is 2.15 bits per heavy atom. The number of carbonyl (C=O) groups is 2. The van der Waals surface area contributed by atoms with E-state index in [0.29, 0.717) is 31.0 Å². The minimum absolute atomic E-state index is 0.00607. The van der Waals surface area contributed by atoms with Crippen LogP contribution in [-0.4, -0.2) is 23.7 Å². The lowest BCUT2D eigenvalue weighted by Gasteiger charge is -2.21. The Hall–Kier alpha value is -1.49. The molecule has 20 heavy (non-hydrogen) atoms. The smallest absolute Gasteiger partial charge is 0.243 e. The van der Waals surface area contributed by atoms with Gasteiger partial charge in [0.25, 0.3) is 0 Å². The second kappa shape index (κ2) is 8.64. The molecule has 0 fully saturated rings. The third-order valence-corrected chi connectivity index (χ3v) is 3.09. The van der Waals surface area contributed by atoms with E-state index in [2.05, 4.69) is 10.6 Å². The fourth-order valence-electron chi connectivity index (χ4n) is 1.71. The maximum Gasteiger partial charge on any atom is 0.243 e. The summed E-state index contributed by atoms with van der Waals surface area (Å²) in [5, 5.41) is 5.50. The summed E-state index contributed by atoms with van der Waals surface area (Å²) in [6, 6.07) is 2.99. The van der Waals surface area contributed by atoms with Crippen LogP contribution in [0.25, 0.3) is 0 Å². The van der Waals surface area contributed by atoms with E-state index in [1.165, 1.54) is 0 Å². The Balaban J connectivity index is 2.47. The van der Waals surface area contributed by atoms with Gasteiger partial charge in [-0.2, -0.15) is 0 Å². The second-order valence-electron chi connectivity index (χ2n) is 4.88. The van der Waals surface area contributed by atoms with Gasteiger partial charge in [0.15, 0.2) is 0 Å². The molecular formula is C14H21ClN2O3. The molecule has 2 N–H and O–H groups in total. The molecule has 1 aromatic rings. The highest BCUT2D eigenvalue weighted by molar-refractivity contribution is 6.17. The van der Waals surface area contributed by atoms with E-state index >= 15 is 0 Å². The first-order valence-electron chi connectivity index (χ1n) is 6.70. The SMILES string of the molecule is CC(C)C(NC(=O)CCCCl)C(=O)NCc1ccco1. The third-order valence-electron chi connectivity index (χ3n) is 2.82. The summed E-state index contributed by atoms with van der Waals surface area (Å²) in [7, 11) is 0. The van der Waals surface area contributed by atoms with Gasteiger partial charge in [0.05, 0.1) is 12.8 Å². The molecule has 0 saturated heterocycles. The van der Waals surface area contributed by atoms with Gasteiger partial charge in [0.2, 0.25) is 11.8 Å². The molecule has 0 aliphatic rings. The van der Waals surface area contributed by atoms with Crippen LogP contribution in [0.4, 0.5) is 0 Å². The summed E-state index contributed by atoms with van der Waals surface area (Å²) in [5.74, 6) is 0.749. The van der Waals surface area contributed by atoms with E-state index in [9.17, 15) is 9.59 Å². The average molecular weight is 301 g/mol. The van der Waals surface area contributed by atoms with Crippen molar-refractivity contribution in [1.29, 1.82) is 0 Å². The topological polar surface area (TPSA) is 71.3 Å². The fourth-order valence-corrected chi connectivity index (χ4v) is 1.84. The number of halogens is 1. The van der Waals surface area contributed by atoms with Crippen molar-refractivity contribution in [3.63, 3.8) is 0 Å². The normalized spacial score (nSPS) is 12.2. The maximum atomic E-state index is 12.1. The van der Waals surface area contributed by atoms with Crippen LogP contribution >= 0.6 is 11.6 Å². The molecule has 1 heterocycles. The number of rotatable bonds is 8. The fraction of sp³-hybridized carbons (Fsp3) is 0.571. The van der Waals surface area contributed by atoms with Gasteiger partial charge in [0, 0.05) is 12.3 Å². The van der Waals surface area contributed by atoms with Crippen molar-refractivity contribution >= 4 is 23.4 Å². The minimum Gasteiger partial charge on any atom is -0.467 e. The quantitative estimate of drug-likeness (QED) is 0.722. The number of hydrogen-bond donors (Lipinski definition) is 2. The van der Waals surface area contributed by atoms with Crippen molar-refractivity contribution in [2.24, 2.45) is 5.92 Å². The van der Waals surface area contributed by atoms with Crippen molar-refractivity contribution < 1.29 is 14.0 Å². The first-order chi connectivity index (χ1) is 9.54. The Kier molecular flexibility index (Phi) is 7.15. The molecular weight excluding hydrogens is 280 g/mol. The molecule has 112 valence electrons. The second-order valence-corrected chi connectivity index (χ2v) is 5.26. The molecule has 0 spiro atoms. The summed E-state index contributed by atoms with van der Waals surface area (Å²) < 4.78 is 5.14. The van der Waals surface area contributed by atoms with E-state index in [1.54, 1.807) is 18.4 Å². The summed E-state index contributed by atoms with van der Waals surface area (Å²) in [6.45, 7) is 4.09. The molecule has 0 bridgehead atoms. The van der Waals surface area contributed by atoms with Crippen LogP contribution in [0.15, 0.2) is 22.8 Å². The molecule has 1 aromatic heterocycles. The first-order valence-corrected chi connectivity index (χ1v) is 7.23. The molecule has 1 atom stereocenters. The summed E-state index contributed by atoms with van der Waals surface area (Å²) >= 11 is 5.54. The van der Waals surface area contributed by atoms with Crippen molar-refractivity contribution in [2.45, 2.75) is 39.3 Å². The minimum atomic E-state index is -0.548. The van der Waals surface area contributed by atoms with Crippen LogP contribution in [0.2, 0.25) is 0 Å². The predicted octanol–water partition coefficient (Wildman–Crippen LogP) is 2.06. The molecule has 0 aliphatic carbocycles. The third kappa shape index (κ3) is 5.65. The van der Waals surface area contributed by atoms with Gasteiger partial charge in [-0.3, -0.25) is 9.59 Å². The van der Waals surface area contributed by atoms with Crippen LogP contribution in [-0.2, 0) is 16.1 Å². The Morgan fingerprint density at radius 1 is 1.40 bits per heavy atom. The zero-order chi connectivity index (χ0) is 15.0. The molecule has 1 rings (SSSR count). The van der Waals surface area contributed by atoms with E-state index in [0.717, 1.165) is 0 Å². The number of amides is 2. The van der Waals surface area contributed by atoms with Crippen molar-refractivity contribution in [3.8, 4) is 0 Å². The van der Waals surface area contributed by atoms with Crippen molar-refractivity contribution in [3.05, 3.63) is 24.2 Å². The lowest BCUT2D eigenvalue weighted by molar-refractivity contribution is -0.130. The Morgan fingerprint density at radius 3 is 2.70 bits per heavy atom. The number of carbonyl (C=O) groups excluding carboxylic acids is 2. The summed E-state index contributed by atoms with van der Waals surface area (Å²) in [5.41, 5.74) is 0. The van der Waals surface area contributed by atoms with Crippen molar-refractivity contribution in [1.82, 2.24) is 10.6 Å². The van der Waals surface area contributed by atoms with E-state index in [-0.39, 0.29) is 17.7 Å². The molecule has 1 unspecified atom stereocenters. The van der Waals surface area contributed by atoms with Crippen LogP contribution in [0.5, 0.6) is 0 Å². The summed E-state index contributed by atoms with van der Waals surface area (Å²) in [4.78, 5) is 23.8. The predicted molar refractivity (Wildman–Crippen MR) is 77.3 cm³/mol. The Labute approximate surface area is 124 Å². The molecule has 0 aromatic carbocycles. The molecule has 2 amide bonds. The van der Waals surface area contributed by atoms with Crippen LogP contribution in [0, 0.1) is 5.92 Å². The highest BCUT2D eigenvalue weighted by Gasteiger charge is 2.23. The monoisotopic (exact) mass is 300 g/mol. The van der Waals surface area contributed by atoms with E-state index in [4.69, 9.17) is 16.0 Å². The van der Waals surface area contributed by atoms with Gasteiger partial charge in [-0.15, -0.1) is 11.6 Å². The lowest BCUT2D eigenvalue weighted by atomic mass is 10.0. The van der Waals surface area contributed by atoms with Gasteiger partial charge in [-0.1, -0.05) is 13.8 Å². The van der Waals surface area contributed by atoms with Gasteiger partial charge >= 0.3 is 0 Å². The number of alkyl halides is 1. The molecule has 6 heteroatoms. The largest absolute Gasteiger partial charge is 0.467 e. The molecule has 0 radical (unpaired) electrons. The summed E-state index contributed by atoms with van der Waals surface area (Å²) in [6.07, 6.45) is 2.49. The maximum absolute atomic E-state index is 12.1. The van der Waals surface area contributed by atoms with Gasteiger partial charge in [-0.05, 0) is 24.5 Å². The van der Waals surface area contributed by atoms with Crippen LogP contribution in [0.3, 0.4) is 0 Å². The van der Waals surface area contributed by atoms with Gasteiger partial charge < -0.3 is 15.1 Å². The standard InChI is InChI=1S/C14H21ClN2O3/c1-10(2)13(17-12(18)6-3-7-15)14(19)16-9-11-5-4-8-20-11/h4-5,8,10,13H,3,6-7,9H2,1-2H3,(H,16,19)(H,17,18). The average Bonchev–Trinajstić information content (AvgIpc) is 2.92.